The molecule has 1 aliphatic rings. The SMILES string of the molecule is CC(=O)NCCCCCOC[C@H]1O[C@@H](OCCc2c[nH]c3ccccc23)[C@H](OCc2ccccc2)[C@@H](OCc2ccccc2)[C@@H]1OCc1ccccc1. The van der Waals surface area contributed by atoms with Crippen molar-refractivity contribution < 1.29 is 33.2 Å². The number of aromatic nitrogens is 1. The van der Waals surface area contributed by atoms with Crippen molar-refractivity contribution in [1.29, 1.82) is 0 Å². The zero-order valence-corrected chi connectivity index (χ0v) is 30.6. The van der Waals surface area contributed by atoms with Gasteiger partial charge in [0.05, 0.1) is 33.0 Å². The average molecular weight is 721 g/mol. The van der Waals surface area contributed by atoms with Crippen LogP contribution in [0.2, 0.25) is 0 Å². The molecule has 280 valence electrons. The van der Waals surface area contributed by atoms with E-state index in [4.69, 9.17) is 28.4 Å². The fourth-order valence-electron chi connectivity index (χ4n) is 6.61. The van der Waals surface area contributed by atoms with Crippen molar-refractivity contribution in [2.45, 2.75) is 83.1 Å². The number of H-pyrrole nitrogens is 1. The number of amides is 1. The summed E-state index contributed by atoms with van der Waals surface area (Å²) in [5.41, 5.74) is 5.41. The molecule has 0 aliphatic carbocycles. The highest BCUT2D eigenvalue weighted by Crippen LogP contribution is 2.32. The Labute approximate surface area is 312 Å². The molecule has 0 unspecified atom stereocenters. The molecule has 0 radical (unpaired) electrons. The highest BCUT2D eigenvalue weighted by Gasteiger charge is 2.49. The molecule has 1 amide bonds. The van der Waals surface area contributed by atoms with Crippen molar-refractivity contribution in [2.75, 3.05) is 26.4 Å². The number of para-hydroxylation sites is 1. The number of carbonyl (C=O) groups is 1. The first-order chi connectivity index (χ1) is 26.1. The van der Waals surface area contributed by atoms with E-state index in [-0.39, 0.29) is 5.91 Å². The van der Waals surface area contributed by atoms with E-state index in [1.54, 1.807) is 0 Å². The van der Waals surface area contributed by atoms with Crippen LogP contribution in [0.3, 0.4) is 0 Å². The first-order valence-electron chi connectivity index (χ1n) is 18.7. The molecule has 9 nitrogen and oxygen atoms in total. The summed E-state index contributed by atoms with van der Waals surface area (Å²) in [6, 6.07) is 38.7. The van der Waals surface area contributed by atoms with Crippen LogP contribution >= 0.6 is 0 Å². The molecule has 5 aromatic rings. The Hall–Kier alpha value is -4.35. The molecule has 4 aromatic carbocycles. The molecular formula is C44H52N2O7. The van der Waals surface area contributed by atoms with E-state index >= 15 is 0 Å². The molecule has 0 spiro atoms. The van der Waals surface area contributed by atoms with Gasteiger partial charge in [0.1, 0.15) is 24.4 Å². The van der Waals surface area contributed by atoms with Gasteiger partial charge >= 0.3 is 0 Å². The van der Waals surface area contributed by atoms with Crippen LogP contribution < -0.4 is 5.32 Å². The molecule has 1 aliphatic heterocycles. The van der Waals surface area contributed by atoms with Crippen LogP contribution in [0.15, 0.2) is 121 Å². The number of hydrogen-bond acceptors (Lipinski definition) is 7. The number of nitrogens with one attached hydrogen (secondary N) is 2. The average Bonchev–Trinajstić information content (AvgIpc) is 3.61. The Kier molecular flexibility index (Phi) is 15.0. The van der Waals surface area contributed by atoms with Gasteiger partial charge in [0, 0.05) is 37.2 Å². The van der Waals surface area contributed by atoms with Crippen molar-refractivity contribution >= 4 is 16.8 Å². The number of rotatable bonds is 21. The smallest absolute Gasteiger partial charge is 0.216 e. The molecule has 2 N–H and O–H groups in total. The van der Waals surface area contributed by atoms with Crippen LogP contribution in [-0.4, -0.2) is 68.0 Å². The highest BCUT2D eigenvalue weighted by atomic mass is 16.7. The van der Waals surface area contributed by atoms with E-state index in [9.17, 15) is 4.79 Å². The van der Waals surface area contributed by atoms with E-state index in [1.165, 1.54) is 17.9 Å². The minimum absolute atomic E-state index is 0.00875. The monoisotopic (exact) mass is 720 g/mol. The minimum atomic E-state index is -0.743. The van der Waals surface area contributed by atoms with Crippen molar-refractivity contribution in [3.05, 3.63) is 144 Å². The van der Waals surface area contributed by atoms with Gasteiger partial charge in [-0.1, -0.05) is 109 Å². The van der Waals surface area contributed by atoms with Crippen molar-refractivity contribution in [2.24, 2.45) is 0 Å². The van der Waals surface area contributed by atoms with Gasteiger partial charge < -0.3 is 38.7 Å². The molecule has 1 aromatic heterocycles. The van der Waals surface area contributed by atoms with Gasteiger partial charge in [0.25, 0.3) is 0 Å². The Morgan fingerprint density at radius 1 is 0.660 bits per heavy atom. The number of benzene rings is 4. The molecule has 0 saturated carbocycles. The van der Waals surface area contributed by atoms with Crippen molar-refractivity contribution in [1.82, 2.24) is 10.3 Å². The second-order valence-corrected chi connectivity index (χ2v) is 13.4. The Bertz CT molecular complexity index is 1770. The zero-order chi connectivity index (χ0) is 36.5. The van der Waals surface area contributed by atoms with Gasteiger partial charge in [0.15, 0.2) is 6.29 Å². The maximum Gasteiger partial charge on any atom is 0.216 e. The zero-order valence-electron chi connectivity index (χ0n) is 30.6. The first-order valence-corrected chi connectivity index (χ1v) is 18.7. The summed E-state index contributed by atoms with van der Waals surface area (Å²) < 4.78 is 40.0. The number of carbonyl (C=O) groups excluding carboxylic acids is 1. The fraction of sp³-hybridized carbons (Fsp3) is 0.386. The Morgan fingerprint density at radius 3 is 1.89 bits per heavy atom. The molecule has 1 saturated heterocycles. The van der Waals surface area contributed by atoms with E-state index in [1.807, 2.05) is 79.0 Å². The number of ether oxygens (including phenoxy) is 6. The van der Waals surface area contributed by atoms with E-state index in [0.717, 1.165) is 41.5 Å². The predicted octanol–water partition coefficient (Wildman–Crippen LogP) is 7.53. The summed E-state index contributed by atoms with van der Waals surface area (Å²) in [4.78, 5) is 14.6. The normalized spacial score (nSPS) is 20.1. The number of fused-ring (bicyclic) bond motifs is 1. The van der Waals surface area contributed by atoms with Crippen LogP contribution in [0.5, 0.6) is 0 Å². The maximum absolute atomic E-state index is 11.2. The molecule has 0 bridgehead atoms. The Balaban J connectivity index is 1.23. The lowest BCUT2D eigenvalue weighted by atomic mass is 9.97. The van der Waals surface area contributed by atoms with Gasteiger partial charge in [-0.3, -0.25) is 4.79 Å². The molecule has 6 rings (SSSR count). The summed E-state index contributed by atoms with van der Waals surface area (Å²) in [7, 11) is 0. The lowest BCUT2D eigenvalue weighted by Gasteiger charge is -2.46. The quantitative estimate of drug-likeness (QED) is 0.0757. The second-order valence-electron chi connectivity index (χ2n) is 13.4. The summed E-state index contributed by atoms with van der Waals surface area (Å²) in [6.07, 6.45) is 2.54. The predicted molar refractivity (Wildman–Crippen MR) is 205 cm³/mol. The van der Waals surface area contributed by atoms with Crippen molar-refractivity contribution in [3.8, 4) is 0 Å². The minimum Gasteiger partial charge on any atom is -0.379 e. The lowest BCUT2D eigenvalue weighted by Crippen LogP contribution is -2.61. The molecular weight excluding hydrogens is 668 g/mol. The molecule has 53 heavy (non-hydrogen) atoms. The topological polar surface area (TPSA) is 100 Å². The van der Waals surface area contributed by atoms with E-state index in [0.29, 0.717) is 52.6 Å². The van der Waals surface area contributed by atoms with Gasteiger partial charge in [0.2, 0.25) is 5.91 Å². The highest BCUT2D eigenvalue weighted by molar-refractivity contribution is 5.83. The van der Waals surface area contributed by atoms with E-state index in [2.05, 4.69) is 52.8 Å². The summed E-state index contributed by atoms with van der Waals surface area (Å²) in [6.45, 7) is 4.57. The fourth-order valence-corrected chi connectivity index (χ4v) is 6.61. The largest absolute Gasteiger partial charge is 0.379 e. The van der Waals surface area contributed by atoms with Crippen LogP contribution in [0.4, 0.5) is 0 Å². The van der Waals surface area contributed by atoms with Gasteiger partial charge in [-0.2, -0.15) is 0 Å². The van der Waals surface area contributed by atoms with E-state index < -0.39 is 30.7 Å². The van der Waals surface area contributed by atoms with Crippen LogP contribution in [0.25, 0.3) is 10.9 Å². The number of aromatic amines is 1. The van der Waals surface area contributed by atoms with Crippen LogP contribution in [0, 0.1) is 0 Å². The van der Waals surface area contributed by atoms with Crippen LogP contribution in [0.1, 0.15) is 48.4 Å². The third-order valence-electron chi connectivity index (χ3n) is 9.40. The number of hydrogen-bond donors (Lipinski definition) is 2. The molecule has 5 atom stereocenters. The second kappa shape index (κ2) is 20.8. The molecule has 2 heterocycles. The van der Waals surface area contributed by atoms with Gasteiger partial charge in [-0.25, -0.2) is 0 Å². The van der Waals surface area contributed by atoms with Gasteiger partial charge in [-0.05, 0) is 54.0 Å². The summed E-state index contributed by atoms with van der Waals surface area (Å²) in [5.74, 6) is -0.00875. The maximum atomic E-state index is 11.2. The lowest BCUT2D eigenvalue weighted by molar-refractivity contribution is -0.328. The van der Waals surface area contributed by atoms with Crippen molar-refractivity contribution in [3.63, 3.8) is 0 Å². The summed E-state index contributed by atoms with van der Waals surface area (Å²) in [5, 5.41) is 4.04. The summed E-state index contributed by atoms with van der Waals surface area (Å²) >= 11 is 0. The Morgan fingerprint density at radius 2 is 1.25 bits per heavy atom. The van der Waals surface area contributed by atoms with Gasteiger partial charge in [-0.15, -0.1) is 0 Å². The van der Waals surface area contributed by atoms with Crippen LogP contribution in [-0.2, 0) is 59.5 Å². The molecule has 1 fully saturated rings. The first kappa shape index (κ1) is 38.4. The number of unbranched alkanes of at least 4 members (excludes halogenated alkanes) is 2. The standard InChI is InChI=1S/C44H52N2O7/c1-33(47)45-25-14-5-15-26-48-32-40-41(50-29-34-16-6-2-7-17-34)42(51-30-35-18-8-3-9-19-35)43(52-31-36-20-10-4-11-21-36)44(53-40)49-27-24-37-28-46-39-23-13-12-22-38(37)39/h2-4,6-13,16-23,28,40-44,46H,5,14-15,24-27,29-32H2,1H3,(H,45,47)/t40-,41-,42+,43-,44-/m1/s1. The molecule has 9 heteroatoms. The third kappa shape index (κ3) is 11.8. The third-order valence-corrected chi connectivity index (χ3v) is 9.40.